The Morgan fingerprint density at radius 2 is 2.04 bits per heavy atom. The monoisotopic (exact) mass is 342 g/mol. The van der Waals surface area contributed by atoms with Crippen molar-refractivity contribution in [2.45, 2.75) is 32.9 Å². The molecule has 0 saturated heterocycles. The number of hydrogen-bond donors (Lipinski definition) is 2. The second kappa shape index (κ2) is 8.39. The van der Waals surface area contributed by atoms with Crippen molar-refractivity contribution >= 4 is 11.9 Å². The van der Waals surface area contributed by atoms with Gasteiger partial charge in [0.05, 0.1) is 6.61 Å². The van der Waals surface area contributed by atoms with Crippen LogP contribution in [0, 0.1) is 13.8 Å². The summed E-state index contributed by atoms with van der Waals surface area (Å²) >= 11 is 0. The lowest BCUT2D eigenvalue weighted by molar-refractivity contribution is -0.148. The maximum absolute atomic E-state index is 12.6. The summed E-state index contributed by atoms with van der Waals surface area (Å²) in [6, 6.07) is 7.45. The first-order valence-electron chi connectivity index (χ1n) is 8.06. The first-order chi connectivity index (χ1) is 11.9. The van der Waals surface area contributed by atoms with Gasteiger partial charge in [-0.25, -0.2) is 4.79 Å². The highest BCUT2D eigenvalue weighted by atomic mass is 16.5. The molecule has 0 saturated carbocycles. The van der Waals surface area contributed by atoms with Gasteiger partial charge in [-0.3, -0.25) is 9.78 Å². The van der Waals surface area contributed by atoms with Crippen molar-refractivity contribution in [3.8, 4) is 0 Å². The third-order valence-electron chi connectivity index (χ3n) is 3.80. The first kappa shape index (κ1) is 18.6. The lowest BCUT2D eigenvalue weighted by Gasteiger charge is -2.23. The fraction of sp³-hybridized carbons (Fsp3) is 0.316. The third kappa shape index (κ3) is 4.64. The maximum Gasteiger partial charge on any atom is 0.331 e. The van der Waals surface area contributed by atoms with E-state index in [4.69, 9.17) is 4.74 Å². The summed E-state index contributed by atoms with van der Waals surface area (Å²) in [6.07, 6.45) is 1.74. The Morgan fingerprint density at radius 1 is 1.28 bits per heavy atom. The van der Waals surface area contributed by atoms with Crippen LogP contribution >= 0.6 is 0 Å². The SMILES string of the molecule is CCOC(=O)[C@H](NC(=O)c1ccc(C)cc1C)[C@@H](O)c1cccnc1. The third-order valence-corrected chi connectivity index (χ3v) is 3.80. The van der Waals surface area contributed by atoms with Crippen molar-refractivity contribution in [2.75, 3.05) is 6.61 Å². The smallest absolute Gasteiger partial charge is 0.331 e. The average molecular weight is 342 g/mol. The molecule has 0 aliphatic rings. The predicted molar refractivity (Wildman–Crippen MR) is 93.0 cm³/mol. The summed E-state index contributed by atoms with van der Waals surface area (Å²) < 4.78 is 5.00. The van der Waals surface area contributed by atoms with Crippen LogP contribution in [-0.2, 0) is 9.53 Å². The minimum atomic E-state index is -1.26. The molecule has 1 aromatic heterocycles. The van der Waals surface area contributed by atoms with Crippen LogP contribution in [0.5, 0.6) is 0 Å². The maximum atomic E-state index is 12.6. The van der Waals surface area contributed by atoms with E-state index >= 15 is 0 Å². The van der Waals surface area contributed by atoms with E-state index in [0.29, 0.717) is 11.1 Å². The van der Waals surface area contributed by atoms with Gasteiger partial charge >= 0.3 is 5.97 Å². The van der Waals surface area contributed by atoms with Crippen LogP contribution < -0.4 is 5.32 Å². The molecule has 2 aromatic rings. The Morgan fingerprint density at radius 3 is 2.64 bits per heavy atom. The second-order valence-corrected chi connectivity index (χ2v) is 5.75. The van der Waals surface area contributed by atoms with Crippen LogP contribution in [0.1, 0.15) is 40.1 Å². The van der Waals surface area contributed by atoms with Gasteiger partial charge in [0.2, 0.25) is 0 Å². The molecule has 0 unspecified atom stereocenters. The van der Waals surface area contributed by atoms with Gasteiger partial charge in [0, 0.05) is 23.5 Å². The van der Waals surface area contributed by atoms with Gasteiger partial charge in [0.1, 0.15) is 6.10 Å². The Bertz CT molecular complexity index is 746. The van der Waals surface area contributed by atoms with Crippen LogP contribution in [0.2, 0.25) is 0 Å². The highest BCUT2D eigenvalue weighted by Gasteiger charge is 2.31. The molecule has 6 nitrogen and oxygen atoms in total. The van der Waals surface area contributed by atoms with Crippen LogP contribution in [0.25, 0.3) is 0 Å². The molecule has 6 heteroatoms. The van der Waals surface area contributed by atoms with E-state index in [1.807, 2.05) is 26.0 Å². The minimum absolute atomic E-state index is 0.147. The molecule has 0 bridgehead atoms. The zero-order valence-corrected chi connectivity index (χ0v) is 14.5. The largest absolute Gasteiger partial charge is 0.464 e. The number of amides is 1. The fourth-order valence-electron chi connectivity index (χ4n) is 2.53. The first-order valence-corrected chi connectivity index (χ1v) is 8.06. The summed E-state index contributed by atoms with van der Waals surface area (Å²) in [6.45, 7) is 5.56. The molecule has 132 valence electrons. The van der Waals surface area contributed by atoms with Gasteiger partial charge in [-0.1, -0.05) is 23.8 Å². The molecular weight excluding hydrogens is 320 g/mol. The number of aliphatic hydroxyl groups excluding tert-OH is 1. The Kier molecular flexibility index (Phi) is 6.25. The number of rotatable bonds is 6. The second-order valence-electron chi connectivity index (χ2n) is 5.75. The Hall–Kier alpha value is -2.73. The van der Waals surface area contributed by atoms with Crippen LogP contribution in [0.15, 0.2) is 42.7 Å². The molecule has 0 fully saturated rings. The van der Waals surface area contributed by atoms with Crippen molar-refractivity contribution < 1.29 is 19.4 Å². The Labute approximate surface area is 146 Å². The van der Waals surface area contributed by atoms with Gasteiger partial charge in [-0.15, -0.1) is 0 Å². The van der Waals surface area contributed by atoms with E-state index in [0.717, 1.165) is 11.1 Å². The highest BCUT2D eigenvalue weighted by molar-refractivity contribution is 5.98. The molecule has 0 aliphatic heterocycles. The summed E-state index contributed by atoms with van der Waals surface area (Å²) in [5.41, 5.74) is 2.68. The van der Waals surface area contributed by atoms with Gasteiger partial charge < -0.3 is 15.2 Å². The van der Waals surface area contributed by atoms with Crippen LogP contribution in [0.4, 0.5) is 0 Å². The summed E-state index contributed by atoms with van der Waals surface area (Å²) in [5, 5.41) is 13.1. The van der Waals surface area contributed by atoms with Gasteiger partial charge in [0.15, 0.2) is 6.04 Å². The molecule has 0 radical (unpaired) electrons. The minimum Gasteiger partial charge on any atom is -0.464 e. The summed E-state index contributed by atoms with van der Waals surface area (Å²) in [5.74, 6) is -1.14. The molecule has 1 heterocycles. The van der Waals surface area contributed by atoms with E-state index in [2.05, 4.69) is 10.3 Å². The number of esters is 1. The summed E-state index contributed by atoms with van der Waals surface area (Å²) in [4.78, 5) is 28.8. The number of carbonyl (C=O) groups is 2. The topological polar surface area (TPSA) is 88.5 Å². The number of hydrogen-bond acceptors (Lipinski definition) is 5. The average Bonchev–Trinajstić information content (AvgIpc) is 2.59. The zero-order chi connectivity index (χ0) is 18.4. The quantitative estimate of drug-likeness (QED) is 0.785. The molecule has 2 atom stereocenters. The zero-order valence-electron chi connectivity index (χ0n) is 14.5. The van der Waals surface area contributed by atoms with Gasteiger partial charge in [0.25, 0.3) is 5.91 Å². The molecule has 2 N–H and O–H groups in total. The molecule has 1 amide bonds. The highest BCUT2D eigenvalue weighted by Crippen LogP contribution is 2.18. The lowest BCUT2D eigenvalue weighted by atomic mass is 10.0. The number of benzene rings is 1. The van der Waals surface area contributed by atoms with Crippen molar-refractivity contribution in [3.05, 3.63) is 65.0 Å². The van der Waals surface area contributed by atoms with Gasteiger partial charge in [-0.2, -0.15) is 0 Å². The molecule has 0 spiro atoms. The van der Waals surface area contributed by atoms with Crippen molar-refractivity contribution in [3.63, 3.8) is 0 Å². The van der Waals surface area contributed by atoms with Crippen molar-refractivity contribution in [1.82, 2.24) is 10.3 Å². The number of pyridine rings is 1. The lowest BCUT2D eigenvalue weighted by Crippen LogP contribution is -2.46. The molecule has 25 heavy (non-hydrogen) atoms. The van der Waals surface area contributed by atoms with E-state index in [-0.39, 0.29) is 6.61 Å². The molecule has 0 aliphatic carbocycles. The number of aromatic nitrogens is 1. The van der Waals surface area contributed by atoms with Gasteiger partial charge in [-0.05, 0) is 38.5 Å². The fourth-order valence-corrected chi connectivity index (χ4v) is 2.53. The van der Waals surface area contributed by atoms with E-state index in [1.165, 1.54) is 6.20 Å². The predicted octanol–water partition coefficient (Wildman–Crippen LogP) is 2.09. The number of aliphatic hydroxyl groups is 1. The number of ether oxygens (including phenoxy) is 1. The number of aryl methyl sites for hydroxylation is 2. The number of carbonyl (C=O) groups excluding carboxylic acids is 2. The normalized spacial score (nSPS) is 13.0. The van der Waals surface area contributed by atoms with E-state index < -0.39 is 24.0 Å². The van der Waals surface area contributed by atoms with Crippen molar-refractivity contribution in [2.24, 2.45) is 0 Å². The molecular formula is C19H22N2O4. The molecule has 2 rings (SSSR count). The molecule has 1 aromatic carbocycles. The van der Waals surface area contributed by atoms with Crippen LogP contribution in [-0.4, -0.2) is 34.6 Å². The number of nitrogens with zero attached hydrogens (tertiary/aromatic N) is 1. The van der Waals surface area contributed by atoms with Crippen molar-refractivity contribution in [1.29, 1.82) is 0 Å². The van der Waals surface area contributed by atoms with E-state index in [1.54, 1.807) is 31.3 Å². The standard InChI is InChI=1S/C19H22N2O4/c1-4-25-19(24)16(17(22)14-6-5-9-20-11-14)21-18(23)15-8-7-12(2)10-13(15)3/h5-11,16-17,22H,4H2,1-3H3,(H,21,23)/t16-,17+/m1/s1. The van der Waals surface area contributed by atoms with Crippen LogP contribution in [0.3, 0.4) is 0 Å². The van der Waals surface area contributed by atoms with E-state index in [9.17, 15) is 14.7 Å². The Balaban J connectivity index is 2.26. The summed E-state index contributed by atoms with van der Waals surface area (Å²) in [7, 11) is 0. The number of nitrogens with one attached hydrogen (secondary N) is 1.